The molecule has 0 saturated heterocycles. The average Bonchev–Trinajstić information content (AvgIpc) is 3.54. The Morgan fingerprint density at radius 3 is 2.27 bits per heavy atom. The number of tetrazole rings is 1. The smallest absolute Gasteiger partial charge is 0.180 e. The Hall–Kier alpha value is -4.13. The summed E-state index contributed by atoms with van der Waals surface area (Å²) in [5.74, 6) is 2.57. The number of nitrogens with one attached hydrogen (secondary N) is 1. The lowest BCUT2D eigenvalue weighted by Crippen LogP contribution is -2.04. The van der Waals surface area contributed by atoms with Crippen molar-refractivity contribution >= 4 is 0 Å². The maximum Gasteiger partial charge on any atom is 0.180 e. The Kier molecular flexibility index (Phi) is 6.01. The average molecular weight is 436 g/mol. The van der Waals surface area contributed by atoms with E-state index in [0.29, 0.717) is 5.82 Å². The molecule has 0 unspecified atom stereocenters. The summed E-state index contributed by atoms with van der Waals surface area (Å²) in [4.78, 5) is 4.85. The van der Waals surface area contributed by atoms with Crippen molar-refractivity contribution in [2.45, 2.75) is 32.7 Å². The summed E-state index contributed by atoms with van der Waals surface area (Å²) in [6, 6.07) is 27.2. The highest BCUT2D eigenvalue weighted by atomic mass is 15.5. The van der Waals surface area contributed by atoms with Gasteiger partial charge in [0, 0.05) is 24.9 Å². The minimum absolute atomic E-state index is 0.661. The molecule has 0 atom stereocenters. The van der Waals surface area contributed by atoms with E-state index in [0.717, 1.165) is 54.1 Å². The lowest BCUT2D eigenvalue weighted by Gasteiger charge is -2.08. The van der Waals surface area contributed by atoms with Gasteiger partial charge in [-0.2, -0.15) is 5.10 Å². The first kappa shape index (κ1) is 20.8. The van der Waals surface area contributed by atoms with E-state index in [1.807, 2.05) is 28.9 Å². The monoisotopic (exact) mass is 435 g/mol. The number of hydrogen-bond acceptors (Lipinski definition) is 5. The van der Waals surface area contributed by atoms with Gasteiger partial charge in [0.05, 0.1) is 0 Å². The van der Waals surface area contributed by atoms with E-state index >= 15 is 0 Å². The lowest BCUT2D eigenvalue weighted by molar-refractivity contribution is 0.617. The van der Waals surface area contributed by atoms with Crippen molar-refractivity contribution in [2.75, 3.05) is 0 Å². The van der Waals surface area contributed by atoms with Crippen LogP contribution >= 0.6 is 0 Å². The normalized spacial score (nSPS) is 11.1. The zero-order valence-electron chi connectivity index (χ0n) is 18.5. The second-order valence-corrected chi connectivity index (χ2v) is 7.91. The SMILES string of the molecule is CCn1nc(CCc2ccccc2)nc1Cc1ccc(-c2ccccc2-c2nnn[nH]2)cc1. The van der Waals surface area contributed by atoms with Crippen LogP contribution in [0.5, 0.6) is 0 Å². The quantitative estimate of drug-likeness (QED) is 0.387. The fourth-order valence-corrected chi connectivity index (χ4v) is 4.02. The summed E-state index contributed by atoms with van der Waals surface area (Å²) in [6.07, 6.45) is 2.54. The van der Waals surface area contributed by atoms with Gasteiger partial charge in [0.15, 0.2) is 11.6 Å². The zero-order chi connectivity index (χ0) is 22.5. The third-order valence-corrected chi connectivity index (χ3v) is 5.73. The Balaban J connectivity index is 1.32. The number of aromatic nitrogens is 7. The van der Waals surface area contributed by atoms with Gasteiger partial charge in [-0.05, 0) is 46.0 Å². The third-order valence-electron chi connectivity index (χ3n) is 5.73. The highest BCUT2D eigenvalue weighted by molar-refractivity contribution is 5.80. The van der Waals surface area contributed by atoms with Gasteiger partial charge in [-0.25, -0.2) is 14.8 Å². The predicted molar refractivity (Wildman–Crippen MR) is 127 cm³/mol. The molecule has 5 rings (SSSR count). The minimum atomic E-state index is 0.661. The summed E-state index contributed by atoms with van der Waals surface area (Å²) in [6.45, 7) is 2.92. The van der Waals surface area contributed by atoms with Crippen LogP contribution in [0, 0.1) is 0 Å². The van der Waals surface area contributed by atoms with Gasteiger partial charge in [-0.1, -0.05) is 78.9 Å². The van der Waals surface area contributed by atoms with Crippen molar-refractivity contribution in [3.63, 3.8) is 0 Å². The molecular formula is C26H25N7. The Labute approximate surface area is 192 Å². The summed E-state index contributed by atoms with van der Waals surface area (Å²) >= 11 is 0. The van der Waals surface area contributed by atoms with Gasteiger partial charge in [0.2, 0.25) is 0 Å². The van der Waals surface area contributed by atoms with Crippen LogP contribution in [0.2, 0.25) is 0 Å². The molecule has 0 aliphatic heterocycles. The second kappa shape index (κ2) is 9.56. The van der Waals surface area contributed by atoms with E-state index in [2.05, 4.69) is 82.1 Å². The Bertz CT molecular complexity index is 1310. The number of nitrogens with zero attached hydrogens (tertiary/aromatic N) is 6. The van der Waals surface area contributed by atoms with Crippen LogP contribution in [-0.4, -0.2) is 35.4 Å². The number of H-pyrrole nitrogens is 1. The van der Waals surface area contributed by atoms with E-state index in [1.165, 1.54) is 11.1 Å². The molecule has 0 fully saturated rings. The molecule has 164 valence electrons. The van der Waals surface area contributed by atoms with E-state index < -0.39 is 0 Å². The molecule has 1 N–H and O–H groups in total. The van der Waals surface area contributed by atoms with E-state index in [1.54, 1.807) is 0 Å². The number of hydrogen-bond donors (Lipinski definition) is 1. The Morgan fingerprint density at radius 2 is 1.55 bits per heavy atom. The first-order valence-corrected chi connectivity index (χ1v) is 11.2. The van der Waals surface area contributed by atoms with Crippen LogP contribution in [0.3, 0.4) is 0 Å². The van der Waals surface area contributed by atoms with E-state index in [-0.39, 0.29) is 0 Å². The highest BCUT2D eigenvalue weighted by Crippen LogP contribution is 2.30. The van der Waals surface area contributed by atoms with Crippen molar-refractivity contribution < 1.29 is 0 Å². The largest absolute Gasteiger partial charge is 0.250 e. The van der Waals surface area contributed by atoms with Gasteiger partial charge in [-0.15, -0.1) is 5.10 Å². The van der Waals surface area contributed by atoms with Crippen molar-refractivity contribution in [1.82, 2.24) is 35.4 Å². The maximum atomic E-state index is 4.85. The molecule has 2 heterocycles. The summed E-state index contributed by atoms with van der Waals surface area (Å²) < 4.78 is 2.01. The van der Waals surface area contributed by atoms with Crippen molar-refractivity contribution in [3.05, 3.63) is 102 Å². The van der Waals surface area contributed by atoms with Crippen LogP contribution < -0.4 is 0 Å². The maximum absolute atomic E-state index is 4.85. The van der Waals surface area contributed by atoms with Crippen LogP contribution in [-0.2, 0) is 25.8 Å². The third kappa shape index (κ3) is 4.72. The minimum Gasteiger partial charge on any atom is -0.250 e. The van der Waals surface area contributed by atoms with Crippen LogP contribution in [0.4, 0.5) is 0 Å². The molecular weight excluding hydrogens is 410 g/mol. The van der Waals surface area contributed by atoms with Crippen molar-refractivity contribution in [1.29, 1.82) is 0 Å². The van der Waals surface area contributed by atoms with E-state index in [4.69, 9.17) is 10.1 Å². The van der Waals surface area contributed by atoms with E-state index in [9.17, 15) is 0 Å². The molecule has 0 aliphatic carbocycles. The second-order valence-electron chi connectivity index (χ2n) is 7.91. The molecule has 0 saturated carbocycles. The molecule has 7 nitrogen and oxygen atoms in total. The standard InChI is InChI=1S/C26H25N7/c1-2-33-25(27-24(30-33)17-14-19-8-4-3-5-9-19)18-20-12-15-21(16-13-20)22-10-6-7-11-23(22)26-28-31-32-29-26/h3-13,15-16H,2,14,17-18H2,1H3,(H,28,29,31,32). The van der Waals surface area contributed by atoms with Gasteiger partial charge in [0.25, 0.3) is 0 Å². The molecule has 0 amide bonds. The highest BCUT2D eigenvalue weighted by Gasteiger charge is 2.12. The fraction of sp³-hybridized carbons (Fsp3) is 0.192. The molecule has 7 heteroatoms. The number of rotatable bonds is 8. The summed E-state index contributed by atoms with van der Waals surface area (Å²) in [5.41, 5.74) is 5.69. The molecule has 0 aliphatic rings. The van der Waals surface area contributed by atoms with Crippen LogP contribution in [0.15, 0.2) is 78.9 Å². The summed E-state index contributed by atoms with van der Waals surface area (Å²) in [5, 5.41) is 19.1. The predicted octanol–water partition coefficient (Wildman–Crippen LogP) is 4.52. The fourth-order valence-electron chi connectivity index (χ4n) is 4.02. The Morgan fingerprint density at radius 1 is 0.788 bits per heavy atom. The topological polar surface area (TPSA) is 85.2 Å². The first-order chi connectivity index (χ1) is 16.3. The zero-order valence-corrected chi connectivity index (χ0v) is 18.5. The molecule has 0 spiro atoms. The number of aromatic amines is 1. The molecule has 3 aromatic carbocycles. The molecule has 2 aromatic heterocycles. The molecule has 0 radical (unpaired) electrons. The summed E-state index contributed by atoms with van der Waals surface area (Å²) in [7, 11) is 0. The van der Waals surface area contributed by atoms with Gasteiger partial charge in [0.1, 0.15) is 5.82 Å². The van der Waals surface area contributed by atoms with Gasteiger partial charge in [-0.3, -0.25) is 0 Å². The van der Waals surface area contributed by atoms with Crippen molar-refractivity contribution in [2.24, 2.45) is 0 Å². The van der Waals surface area contributed by atoms with Crippen LogP contribution in [0.25, 0.3) is 22.5 Å². The lowest BCUT2D eigenvalue weighted by atomic mass is 9.98. The number of aryl methyl sites for hydroxylation is 3. The molecule has 33 heavy (non-hydrogen) atoms. The number of benzene rings is 3. The van der Waals surface area contributed by atoms with Gasteiger partial charge < -0.3 is 0 Å². The van der Waals surface area contributed by atoms with Crippen molar-refractivity contribution in [3.8, 4) is 22.5 Å². The molecule has 0 bridgehead atoms. The van der Waals surface area contributed by atoms with Crippen LogP contribution in [0.1, 0.15) is 29.7 Å². The molecule has 5 aromatic rings. The van der Waals surface area contributed by atoms with Gasteiger partial charge >= 0.3 is 0 Å². The first-order valence-electron chi connectivity index (χ1n) is 11.2.